The minimum atomic E-state index is -3.33. The van der Waals surface area contributed by atoms with E-state index in [4.69, 9.17) is 0 Å². The topological polar surface area (TPSA) is 66.4 Å². The lowest BCUT2D eigenvalue weighted by Gasteiger charge is -2.33. The molecule has 0 spiro atoms. The van der Waals surface area contributed by atoms with Gasteiger partial charge in [0.1, 0.15) is 0 Å². The van der Waals surface area contributed by atoms with Crippen LogP contribution in [-0.4, -0.2) is 54.2 Å². The van der Waals surface area contributed by atoms with Crippen molar-refractivity contribution >= 4 is 10.2 Å². The summed E-state index contributed by atoms with van der Waals surface area (Å²) in [5, 5.41) is 0. The predicted molar refractivity (Wildman–Crippen MR) is 72.9 cm³/mol. The van der Waals surface area contributed by atoms with E-state index in [0.717, 1.165) is 24.2 Å². The van der Waals surface area contributed by atoms with Crippen molar-refractivity contribution in [3.8, 4) is 0 Å². The van der Waals surface area contributed by atoms with Crippen LogP contribution in [0.15, 0.2) is 12.4 Å². The second-order valence-corrected chi connectivity index (χ2v) is 7.22. The van der Waals surface area contributed by atoms with Gasteiger partial charge in [0.25, 0.3) is 10.2 Å². The molecule has 1 fully saturated rings. The molecule has 1 aromatic rings. The molecule has 0 saturated carbocycles. The van der Waals surface area contributed by atoms with Crippen LogP contribution >= 0.6 is 0 Å². The Morgan fingerprint density at radius 1 is 1.37 bits per heavy atom. The number of aryl methyl sites for hydroxylation is 1. The fourth-order valence-corrected chi connectivity index (χ4v) is 3.49. The summed E-state index contributed by atoms with van der Waals surface area (Å²) < 4.78 is 27.1. The van der Waals surface area contributed by atoms with Gasteiger partial charge >= 0.3 is 0 Å². The molecule has 1 aliphatic heterocycles. The second kappa shape index (κ2) is 5.52. The predicted octanol–water partition coefficient (Wildman–Crippen LogP) is 0.771. The quantitative estimate of drug-likeness (QED) is 0.822. The Hall–Kier alpha value is -1.05. The zero-order chi connectivity index (χ0) is 14.0. The summed E-state index contributed by atoms with van der Waals surface area (Å²) in [6, 6.07) is 0. The number of aromatic nitrogens is 2. The number of hydrogen-bond acceptors (Lipinski definition) is 4. The monoisotopic (exact) mass is 284 g/mol. The van der Waals surface area contributed by atoms with Gasteiger partial charge in [-0.05, 0) is 19.8 Å². The van der Waals surface area contributed by atoms with Gasteiger partial charge < -0.3 is 0 Å². The molecule has 0 amide bonds. The first-order valence-corrected chi connectivity index (χ1v) is 7.77. The van der Waals surface area contributed by atoms with E-state index in [9.17, 15) is 8.42 Å². The van der Waals surface area contributed by atoms with Crippen LogP contribution in [0.1, 0.15) is 30.1 Å². The van der Waals surface area contributed by atoms with Crippen LogP contribution < -0.4 is 0 Å². The second-order valence-electron chi connectivity index (χ2n) is 5.07. The third-order valence-electron chi connectivity index (χ3n) is 3.36. The maximum atomic E-state index is 12.1. The first-order chi connectivity index (χ1) is 8.91. The van der Waals surface area contributed by atoms with Gasteiger partial charge in [0, 0.05) is 45.5 Å². The number of hydrogen-bond donors (Lipinski definition) is 0. The highest BCUT2D eigenvalue weighted by Gasteiger charge is 2.31. The molecule has 19 heavy (non-hydrogen) atoms. The standard InChI is InChI=1S/C12H20N4O2S/c1-10-7-13-8-12(14-10)11-5-4-6-16(9-11)19(17,18)15(2)3/h7-8,11H,4-6,9H2,1-3H3. The first kappa shape index (κ1) is 14.4. The van der Waals surface area contributed by atoms with Crippen LogP contribution in [0.2, 0.25) is 0 Å². The number of nitrogens with zero attached hydrogens (tertiary/aromatic N) is 4. The van der Waals surface area contributed by atoms with E-state index < -0.39 is 10.2 Å². The summed E-state index contributed by atoms with van der Waals surface area (Å²) in [6.07, 6.45) is 5.26. The van der Waals surface area contributed by atoms with Crippen LogP contribution in [-0.2, 0) is 10.2 Å². The normalized spacial score (nSPS) is 21.8. The van der Waals surface area contributed by atoms with Crippen molar-refractivity contribution in [1.82, 2.24) is 18.6 Å². The molecule has 1 atom stereocenters. The fraction of sp³-hybridized carbons (Fsp3) is 0.667. The van der Waals surface area contributed by atoms with E-state index in [1.807, 2.05) is 6.92 Å². The Labute approximate surface area is 114 Å². The fourth-order valence-electron chi connectivity index (χ4n) is 2.30. The van der Waals surface area contributed by atoms with Gasteiger partial charge in [-0.3, -0.25) is 9.97 Å². The Morgan fingerprint density at radius 2 is 2.11 bits per heavy atom. The molecule has 106 valence electrons. The highest BCUT2D eigenvalue weighted by Crippen LogP contribution is 2.27. The zero-order valence-corrected chi connectivity index (χ0v) is 12.4. The Bertz CT molecular complexity index is 544. The lowest BCUT2D eigenvalue weighted by Crippen LogP contribution is -2.45. The third kappa shape index (κ3) is 3.10. The van der Waals surface area contributed by atoms with Gasteiger partial charge in [-0.15, -0.1) is 0 Å². The Balaban J connectivity index is 2.18. The lowest BCUT2D eigenvalue weighted by atomic mass is 9.96. The van der Waals surface area contributed by atoms with Crippen molar-refractivity contribution in [1.29, 1.82) is 0 Å². The minimum Gasteiger partial charge on any atom is -0.261 e. The van der Waals surface area contributed by atoms with Crippen molar-refractivity contribution in [2.24, 2.45) is 0 Å². The molecule has 7 heteroatoms. The molecule has 0 bridgehead atoms. The Morgan fingerprint density at radius 3 is 2.74 bits per heavy atom. The molecule has 1 unspecified atom stereocenters. The van der Waals surface area contributed by atoms with Gasteiger partial charge in [0.15, 0.2) is 0 Å². The van der Waals surface area contributed by atoms with E-state index >= 15 is 0 Å². The smallest absolute Gasteiger partial charge is 0.261 e. The SMILES string of the molecule is Cc1cncc(C2CCCN(S(=O)(=O)N(C)C)C2)n1. The van der Waals surface area contributed by atoms with Gasteiger partial charge in [0.05, 0.1) is 11.4 Å². The molecule has 0 N–H and O–H groups in total. The van der Waals surface area contributed by atoms with Crippen molar-refractivity contribution in [3.63, 3.8) is 0 Å². The molecule has 0 aliphatic carbocycles. The molecular formula is C12H20N4O2S. The van der Waals surface area contributed by atoms with E-state index in [0.29, 0.717) is 13.1 Å². The van der Waals surface area contributed by atoms with Crippen LogP contribution in [0.4, 0.5) is 0 Å². The van der Waals surface area contributed by atoms with Crippen molar-refractivity contribution in [3.05, 3.63) is 23.8 Å². The maximum Gasteiger partial charge on any atom is 0.281 e. The van der Waals surface area contributed by atoms with E-state index in [1.165, 1.54) is 8.61 Å². The van der Waals surface area contributed by atoms with Gasteiger partial charge in [-0.1, -0.05) is 0 Å². The summed E-state index contributed by atoms with van der Waals surface area (Å²) in [7, 11) is -0.211. The summed E-state index contributed by atoms with van der Waals surface area (Å²) >= 11 is 0. The zero-order valence-electron chi connectivity index (χ0n) is 11.6. The molecule has 1 aromatic heterocycles. The first-order valence-electron chi connectivity index (χ1n) is 6.37. The molecule has 1 saturated heterocycles. The lowest BCUT2D eigenvalue weighted by molar-refractivity contribution is 0.295. The van der Waals surface area contributed by atoms with Crippen LogP contribution in [0, 0.1) is 6.92 Å². The highest BCUT2D eigenvalue weighted by atomic mass is 32.2. The van der Waals surface area contributed by atoms with Crippen LogP contribution in [0.25, 0.3) is 0 Å². The number of piperidine rings is 1. The van der Waals surface area contributed by atoms with Crippen molar-refractivity contribution in [2.45, 2.75) is 25.7 Å². The summed E-state index contributed by atoms with van der Waals surface area (Å²) in [4.78, 5) is 8.60. The summed E-state index contributed by atoms with van der Waals surface area (Å²) in [5.41, 5.74) is 1.75. The molecular weight excluding hydrogens is 264 g/mol. The molecule has 6 nitrogen and oxygen atoms in total. The van der Waals surface area contributed by atoms with Gasteiger partial charge in [-0.25, -0.2) is 0 Å². The van der Waals surface area contributed by atoms with Crippen LogP contribution in [0.5, 0.6) is 0 Å². The van der Waals surface area contributed by atoms with Crippen molar-refractivity contribution < 1.29 is 8.42 Å². The van der Waals surface area contributed by atoms with Gasteiger partial charge in [-0.2, -0.15) is 17.0 Å². The van der Waals surface area contributed by atoms with E-state index in [1.54, 1.807) is 26.5 Å². The molecule has 0 radical (unpaired) electrons. The largest absolute Gasteiger partial charge is 0.281 e. The van der Waals surface area contributed by atoms with Crippen molar-refractivity contribution in [2.75, 3.05) is 27.2 Å². The summed E-state index contributed by atoms with van der Waals surface area (Å²) in [6.45, 7) is 2.96. The van der Waals surface area contributed by atoms with Gasteiger partial charge in [0.2, 0.25) is 0 Å². The molecule has 0 aromatic carbocycles. The van der Waals surface area contributed by atoms with E-state index in [-0.39, 0.29) is 5.92 Å². The minimum absolute atomic E-state index is 0.135. The highest BCUT2D eigenvalue weighted by molar-refractivity contribution is 7.86. The molecule has 2 heterocycles. The Kier molecular flexibility index (Phi) is 4.17. The molecule has 1 aliphatic rings. The molecule has 2 rings (SSSR count). The third-order valence-corrected chi connectivity index (χ3v) is 5.27. The van der Waals surface area contributed by atoms with Crippen LogP contribution in [0.3, 0.4) is 0 Å². The maximum absolute atomic E-state index is 12.1. The van der Waals surface area contributed by atoms with E-state index in [2.05, 4.69) is 9.97 Å². The number of rotatable bonds is 3. The average molecular weight is 284 g/mol. The summed E-state index contributed by atoms with van der Waals surface area (Å²) in [5.74, 6) is 0.135. The average Bonchev–Trinajstić information content (AvgIpc) is 2.38.